The summed E-state index contributed by atoms with van der Waals surface area (Å²) in [7, 11) is 0. The van der Waals surface area contributed by atoms with Gasteiger partial charge in [0, 0.05) is 6.61 Å². The van der Waals surface area contributed by atoms with E-state index in [0.717, 1.165) is 11.1 Å². The fourth-order valence-corrected chi connectivity index (χ4v) is 2.03. The molecule has 0 heterocycles. The van der Waals surface area contributed by atoms with Crippen LogP contribution in [0, 0.1) is 6.92 Å². The topological polar surface area (TPSA) is 44.8 Å². The van der Waals surface area contributed by atoms with Crippen LogP contribution >= 0.6 is 0 Å². The van der Waals surface area contributed by atoms with Crippen molar-refractivity contribution in [3.8, 4) is 16.9 Å². The van der Waals surface area contributed by atoms with Crippen LogP contribution in [0.4, 0.5) is 0 Å². The van der Waals surface area contributed by atoms with Gasteiger partial charge in [-0.2, -0.15) is 0 Å². The number of hydrogen-bond donors (Lipinski definition) is 0. The van der Waals surface area contributed by atoms with Gasteiger partial charge in [0.05, 0.1) is 6.61 Å². The van der Waals surface area contributed by atoms with E-state index in [0.29, 0.717) is 19.0 Å². The van der Waals surface area contributed by atoms with Gasteiger partial charge in [0.25, 0.3) is 0 Å². The molecule has 0 aliphatic heterocycles. The highest BCUT2D eigenvalue weighted by Gasteiger charge is 2.04. The maximum atomic E-state index is 11.5. The molecule has 0 saturated heterocycles. The molecule has 2 aromatic carbocycles. The first-order chi connectivity index (χ1) is 11.2. The van der Waals surface area contributed by atoms with E-state index in [4.69, 9.17) is 14.2 Å². The molecular formula is C19H22O4. The van der Waals surface area contributed by atoms with E-state index >= 15 is 0 Å². The number of benzene rings is 2. The lowest BCUT2D eigenvalue weighted by Gasteiger charge is -2.08. The van der Waals surface area contributed by atoms with Gasteiger partial charge in [-0.15, -0.1) is 0 Å². The first-order valence-electron chi connectivity index (χ1n) is 7.72. The Labute approximate surface area is 137 Å². The molecule has 122 valence electrons. The molecule has 2 rings (SSSR count). The molecule has 0 bridgehead atoms. The minimum Gasteiger partial charge on any atom is -0.482 e. The maximum absolute atomic E-state index is 11.5. The Morgan fingerprint density at radius 3 is 2.13 bits per heavy atom. The van der Waals surface area contributed by atoms with Gasteiger partial charge in [0.1, 0.15) is 12.4 Å². The number of rotatable bonds is 8. The van der Waals surface area contributed by atoms with Gasteiger partial charge in [-0.25, -0.2) is 4.79 Å². The highest BCUT2D eigenvalue weighted by atomic mass is 16.6. The molecule has 23 heavy (non-hydrogen) atoms. The number of ether oxygens (including phenoxy) is 3. The maximum Gasteiger partial charge on any atom is 0.344 e. The molecule has 0 atom stereocenters. The minimum absolute atomic E-state index is 0.101. The van der Waals surface area contributed by atoms with Gasteiger partial charge >= 0.3 is 5.97 Å². The Morgan fingerprint density at radius 2 is 1.52 bits per heavy atom. The van der Waals surface area contributed by atoms with Crippen molar-refractivity contribution in [1.29, 1.82) is 0 Å². The van der Waals surface area contributed by atoms with E-state index in [1.54, 1.807) is 0 Å². The number of esters is 1. The van der Waals surface area contributed by atoms with Crippen molar-refractivity contribution in [3.05, 3.63) is 54.1 Å². The van der Waals surface area contributed by atoms with Crippen molar-refractivity contribution in [1.82, 2.24) is 0 Å². The van der Waals surface area contributed by atoms with Crippen LogP contribution in [0.2, 0.25) is 0 Å². The van der Waals surface area contributed by atoms with Crippen LogP contribution in [-0.4, -0.2) is 32.4 Å². The fourth-order valence-electron chi connectivity index (χ4n) is 2.03. The molecule has 2 aromatic rings. The van der Waals surface area contributed by atoms with Crippen molar-refractivity contribution >= 4 is 5.97 Å². The van der Waals surface area contributed by atoms with Crippen LogP contribution in [0.5, 0.6) is 5.75 Å². The summed E-state index contributed by atoms with van der Waals surface area (Å²) in [5.74, 6) is 0.245. The average Bonchev–Trinajstić information content (AvgIpc) is 2.58. The smallest absolute Gasteiger partial charge is 0.344 e. The number of carbonyl (C=O) groups excluding carboxylic acids is 1. The summed E-state index contributed by atoms with van der Waals surface area (Å²) in [5.41, 5.74) is 3.49. The van der Waals surface area contributed by atoms with Crippen molar-refractivity contribution in [2.45, 2.75) is 13.8 Å². The molecule has 0 aliphatic rings. The van der Waals surface area contributed by atoms with Crippen molar-refractivity contribution < 1.29 is 19.0 Å². The second-order valence-corrected chi connectivity index (χ2v) is 5.10. The third-order valence-corrected chi connectivity index (χ3v) is 3.29. The molecule has 0 aromatic heterocycles. The molecule has 4 heteroatoms. The lowest BCUT2D eigenvalue weighted by molar-refractivity contribution is -0.147. The molecule has 0 N–H and O–H groups in total. The van der Waals surface area contributed by atoms with Crippen molar-refractivity contribution in [2.75, 3.05) is 26.4 Å². The zero-order chi connectivity index (χ0) is 16.5. The number of carbonyl (C=O) groups is 1. The quantitative estimate of drug-likeness (QED) is 0.551. The second-order valence-electron chi connectivity index (χ2n) is 5.10. The van der Waals surface area contributed by atoms with Gasteiger partial charge in [-0.3, -0.25) is 0 Å². The van der Waals surface area contributed by atoms with Crippen molar-refractivity contribution in [2.24, 2.45) is 0 Å². The Morgan fingerprint density at radius 1 is 0.913 bits per heavy atom. The second kappa shape index (κ2) is 8.96. The summed E-state index contributed by atoms with van der Waals surface area (Å²) in [6.07, 6.45) is 0. The van der Waals surface area contributed by atoms with Gasteiger partial charge < -0.3 is 14.2 Å². The monoisotopic (exact) mass is 314 g/mol. The van der Waals surface area contributed by atoms with E-state index < -0.39 is 5.97 Å². The Balaban J connectivity index is 1.81. The van der Waals surface area contributed by atoms with E-state index in [1.165, 1.54) is 5.56 Å². The predicted octanol–water partition coefficient (Wildman–Crippen LogP) is 3.62. The van der Waals surface area contributed by atoms with Crippen LogP contribution < -0.4 is 4.74 Å². The van der Waals surface area contributed by atoms with Gasteiger partial charge in [0.2, 0.25) is 0 Å². The van der Waals surface area contributed by atoms with Crippen LogP contribution in [0.15, 0.2) is 48.5 Å². The SMILES string of the molecule is CCOCCOC(=O)COc1ccc(-c2ccc(C)cc2)cc1. The van der Waals surface area contributed by atoms with E-state index in [1.807, 2.05) is 31.2 Å². The summed E-state index contributed by atoms with van der Waals surface area (Å²) in [4.78, 5) is 11.5. The molecule has 0 spiro atoms. The van der Waals surface area contributed by atoms with Crippen LogP contribution in [0.1, 0.15) is 12.5 Å². The molecule has 4 nitrogen and oxygen atoms in total. The third-order valence-electron chi connectivity index (χ3n) is 3.29. The Hall–Kier alpha value is -2.33. The Kier molecular flexibility index (Phi) is 6.63. The molecule has 0 fully saturated rings. The molecule has 0 radical (unpaired) electrons. The van der Waals surface area contributed by atoms with Crippen LogP contribution in [0.3, 0.4) is 0 Å². The molecule has 0 unspecified atom stereocenters. The van der Waals surface area contributed by atoms with E-state index in [2.05, 4.69) is 31.2 Å². The zero-order valence-corrected chi connectivity index (χ0v) is 13.6. The molecule has 0 amide bonds. The lowest BCUT2D eigenvalue weighted by Crippen LogP contribution is -2.17. The standard InChI is InChI=1S/C19H22O4/c1-3-21-12-13-22-19(20)14-23-18-10-8-17(9-11-18)16-6-4-15(2)5-7-16/h4-11H,3,12-14H2,1-2H3. The zero-order valence-electron chi connectivity index (χ0n) is 13.6. The molecule has 0 aliphatic carbocycles. The number of aryl methyl sites for hydroxylation is 1. The Bertz CT molecular complexity index is 602. The normalized spacial score (nSPS) is 10.3. The van der Waals surface area contributed by atoms with Gasteiger partial charge in [-0.1, -0.05) is 42.0 Å². The largest absolute Gasteiger partial charge is 0.482 e. The van der Waals surface area contributed by atoms with E-state index in [-0.39, 0.29) is 13.2 Å². The highest BCUT2D eigenvalue weighted by Crippen LogP contribution is 2.22. The number of hydrogen-bond acceptors (Lipinski definition) is 4. The molecular weight excluding hydrogens is 292 g/mol. The van der Waals surface area contributed by atoms with Gasteiger partial charge in [0.15, 0.2) is 6.61 Å². The lowest BCUT2D eigenvalue weighted by atomic mass is 10.0. The van der Waals surface area contributed by atoms with Crippen LogP contribution in [0.25, 0.3) is 11.1 Å². The van der Waals surface area contributed by atoms with Gasteiger partial charge in [-0.05, 0) is 37.1 Å². The molecule has 0 saturated carbocycles. The summed E-state index contributed by atoms with van der Waals surface area (Å²) in [6, 6.07) is 16.0. The highest BCUT2D eigenvalue weighted by molar-refractivity contribution is 5.71. The minimum atomic E-state index is -0.396. The van der Waals surface area contributed by atoms with Crippen molar-refractivity contribution in [3.63, 3.8) is 0 Å². The summed E-state index contributed by atoms with van der Waals surface area (Å²) < 4.78 is 15.5. The predicted molar refractivity (Wildman–Crippen MR) is 89.6 cm³/mol. The van der Waals surface area contributed by atoms with Crippen LogP contribution in [-0.2, 0) is 14.3 Å². The first-order valence-corrected chi connectivity index (χ1v) is 7.72. The summed E-state index contributed by atoms with van der Waals surface area (Å²) in [5, 5.41) is 0. The summed E-state index contributed by atoms with van der Waals surface area (Å²) in [6.45, 7) is 5.13. The third kappa shape index (κ3) is 5.75. The van der Waals surface area contributed by atoms with E-state index in [9.17, 15) is 4.79 Å². The fraction of sp³-hybridized carbons (Fsp3) is 0.316. The summed E-state index contributed by atoms with van der Waals surface area (Å²) >= 11 is 0. The average molecular weight is 314 g/mol. The first kappa shape index (κ1) is 17.0.